The lowest BCUT2D eigenvalue weighted by atomic mass is 10.1. The Kier molecular flexibility index (Phi) is 4.82. The Hall–Kier alpha value is -2.49. The molecule has 110 valence electrons. The first-order chi connectivity index (χ1) is 10.0. The fraction of sp³-hybridized carbons (Fsp3) is 0.235. The molecule has 0 radical (unpaired) electrons. The Bertz CT molecular complexity index is 621. The molecule has 2 aromatic rings. The second-order valence-corrected chi connectivity index (χ2v) is 5.12. The number of anilines is 1. The number of amides is 2. The maximum atomic E-state index is 11.9. The summed E-state index contributed by atoms with van der Waals surface area (Å²) >= 11 is 0. The molecule has 3 N–H and O–H groups in total. The summed E-state index contributed by atoms with van der Waals surface area (Å²) < 4.78 is 0. The zero-order chi connectivity index (χ0) is 15.2. The first kappa shape index (κ1) is 14.9. The number of carbonyl (C=O) groups excluding carboxylic acids is 1. The van der Waals surface area contributed by atoms with Crippen LogP contribution in [0.3, 0.4) is 0 Å². The van der Waals surface area contributed by atoms with Crippen molar-refractivity contribution in [3.8, 4) is 5.75 Å². The molecule has 0 aliphatic rings. The molecule has 0 aliphatic heterocycles. The lowest BCUT2D eigenvalue weighted by Gasteiger charge is -2.10. The highest BCUT2D eigenvalue weighted by Crippen LogP contribution is 2.16. The van der Waals surface area contributed by atoms with Crippen LogP contribution in [0.2, 0.25) is 0 Å². The molecule has 21 heavy (non-hydrogen) atoms. The highest BCUT2D eigenvalue weighted by atomic mass is 16.3. The van der Waals surface area contributed by atoms with Crippen LogP contribution in [0.25, 0.3) is 0 Å². The van der Waals surface area contributed by atoms with Gasteiger partial charge in [0.1, 0.15) is 5.75 Å². The second-order valence-electron chi connectivity index (χ2n) is 5.12. The summed E-state index contributed by atoms with van der Waals surface area (Å²) in [5.41, 5.74) is 4.05. The molecule has 2 amide bonds. The van der Waals surface area contributed by atoms with Crippen LogP contribution >= 0.6 is 0 Å². The zero-order valence-corrected chi connectivity index (χ0v) is 12.3. The van der Waals surface area contributed by atoms with Crippen molar-refractivity contribution in [2.75, 3.05) is 11.9 Å². The summed E-state index contributed by atoms with van der Waals surface area (Å²) in [6.07, 6.45) is 0.723. The fourth-order valence-corrected chi connectivity index (χ4v) is 2.02. The number of phenols is 1. The molecule has 0 fully saturated rings. The molecule has 0 unspecified atom stereocenters. The van der Waals surface area contributed by atoms with Gasteiger partial charge < -0.3 is 15.7 Å². The predicted molar refractivity (Wildman–Crippen MR) is 84.7 cm³/mol. The number of nitrogens with one attached hydrogen (secondary N) is 2. The number of carbonyl (C=O) groups is 1. The summed E-state index contributed by atoms with van der Waals surface area (Å²) in [6.45, 7) is 4.50. The molecule has 0 spiro atoms. The second kappa shape index (κ2) is 6.79. The van der Waals surface area contributed by atoms with Crippen molar-refractivity contribution in [2.45, 2.75) is 20.3 Å². The number of benzene rings is 2. The Balaban J connectivity index is 1.82. The normalized spacial score (nSPS) is 10.2. The van der Waals surface area contributed by atoms with Gasteiger partial charge in [0.2, 0.25) is 0 Å². The van der Waals surface area contributed by atoms with Crippen molar-refractivity contribution in [1.82, 2.24) is 5.32 Å². The number of phenolic OH excluding ortho intramolecular Hbond substituents is 1. The number of aromatic hydroxyl groups is 1. The number of urea groups is 1. The van der Waals surface area contributed by atoms with E-state index in [1.807, 2.05) is 44.2 Å². The Morgan fingerprint density at radius 3 is 2.52 bits per heavy atom. The van der Waals surface area contributed by atoms with Crippen LogP contribution in [0.1, 0.15) is 16.7 Å². The standard InChI is InChI=1S/C17H20N2O2/c1-12-3-4-13(2)16(11-12)19-17(21)18-10-9-14-5-7-15(20)8-6-14/h3-8,11,20H,9-10H2,1-2H3,(H2,18,19,21). The molecule has 0 heterocycles. The number of hydrogen-bond acceptors (Lipinski definition) is 2. The van der Waals surface area contributed by atoms with E-state index in [-0.39, 0.29) is 11.8 Å². The molecular weight excluding hydrogens is 264 g/mol. The average molecular weight is 284 g/mol. The topological polar surface area (TPSA) is 61.4 Å². The zero-order valence-electron chi connectivity index (χ0n) is 12.3. The Morgan fingerprint density at radius 2 is 1.81 bits per heavy atom. The van der Waals surface area contributed by atoms with E-state index in [0.29, 0.717) is 6.54 Å². The monoisotopic (exact) mass is 284 g/mol. The van der Waals surface area contributed by atoms with E-state index in [9.17, 15) is 9.90 Å². The molecule has 0 aliphatic carbocycles. The van der Waals surface area contributed by atoms with E-state index >= 15 is 0 Å². The Labute approximate surface area is 124 Å². The molecule has 0 atom stereocenters. The molecule has 4 heteroatoms. The van der Waals surface area contributed by atoms with Crippen molar-refractivity contribution in [1.29, 1.82) is 0 Å². The van der Waals surface area contributed by atoms with Crippen molar-refractivity contribution < 1.29 is 9.90 Å². The van der Waals surface area contributed by atoms with Crippen molar-refractivity contribution in [3.63, 3.8) is 0 Å². The minimum absolute atomic E-state index is 0.206. The fourth-order valence-electron chi connectivity index (χ4n) is 2.02. The van der Waals surface area contributed by atoms with E-state index in [1.54, 1.807) is 12.1 Å². The number of aryl methyl sites for hydroxylation is 2. The predicted octanol–water partition coefficient (Wildman–Crippen LogP) is 3.37. The van der Waals surface area contributed by atoms with E-state index in [1.165, 1.54) is 0 Å². The lowest BCUT2D eigenvalue weighted by molar-refractivity contribution is 0.252. The van der Waals surface area contributed by atoms with Crippen LogP contribution in [0.4, 0.5) is 10.5 Å². The van der Waals surface area contributed by atoms with Crippen LogP contribution < -0.4 is 10.6 Å². The lowest BCUT2D eigenvalue weighted by Crippen LogP contribution is -2.30. The molecule has 0 saturated carbocycles. The van der Waals surface area contributed by atoms with E-state index in [2.05, 4.69) is 10.6 Å². The van der Waals surface area contributed by atoms with Gasteiger partial charge in [-0.15, -0.1) is 0 Å². The molecule has 2 aromatic carbocycles. The molecule has 4 nitrogen and oxygen atoms in total. The van der Waals surface area contributed by atoms with Gasteiger partial charge in [-0.1, -0.05) is 24.3 Å². The molecule has 0 saturated heterocycles. The largest absolute Gasteiger partial charge is 0.508 e. The minimum Gasteiger partial charge on any atom is -0.508 e. The Morgan fingerprint density at radius 1 is 1.10 bits per heavy atom. The molecule has 0 bridgehead atoms. The van der Waals surface area contributed by atoms with Gasteiger partial charge in [0.05, 0.1) is 0 Å². The van der Waals surface area contributed by atoms with Gasteiger partial charge in [0.25, 0.3) is 0 Å². The third kappa shape index (κ3) is 4.53. The van der Waals surface area contributed by atoms with Gasteiger partial charge in [-0.3, -0.25) is 0 Å². The van der Waals surface area contributed by atoms with Gasteiger partial charge in [-0.2, -0.15) is 0 Å². The van der Waals surface area contributed by atoms with Gasteiger partial charge in [-0.25, -0.2) is 4.79 Å². The van der Waals surface area contributed by atoms with Gasteiger partial charge in [-0.05, 0) is 55.2 Å². The van der Waals surface area contributed by atoms with Crippen LogP contribution in [-0.2, 0) is 6.42 Å². The number of hydrogen-bond donors (Lipinski definition) is 3. The van der Waals surface area contributed by atoms with Crippen molar-refractivity contribution >= 4 is 11.7 Å². The van der Waals surface area contributed by atoms with Gasteiger partial charge in [0.15, 0.2) is 0 Å². The summed E-state index contributed by atoms with van der Waals surface area (Å²) in [5, 5.41) is 14.9. The van der Waals surface area contributed by atoms with E-state index < -0.39 is 0 Å². The van der Waals surface area contributed by atoms with Crippen LogP contribution in [0, 0.1) is 13.8 Å². The number of rotatable bonds is 4. The summed E-state index contributed by atoms with van der Waals surface area (Å²) in [6, 6.07) is 12.7. The molecule has 2 rings (SSSR count). The minimum atomic E-state index is -0.206. The quantitative estimate of drug-likeness (QED) is 0.806. The third-order valence-electron chi connectivity index (χ3n) is 3.28. The maximum absolute atomic E-state index is 11.9. The summed E-state index contributed by atoms with van der Waals surface area (Å²) in [4.78, 5) is 11.9. The van der Waals surface area contributed by atoms with Crippen LogP contribution in [0.15, 0.2) is 42.5 Å². The maximum Gasteiger partial charge on any atom is 0.319 e. The average Bonchev–Trinajstić information content (AvgIpc) is 2.45. The van der Waals surface area contributed by atoms with Crippen LogP contribution in [-0.4, -0.2) is 17.7 Å². The first-order valence-corrected chi connectivity index (χ1v) is 6.94. The smallest absolute Gasteiger partial charge is 0.319 e. The van der Waals surface area contributed by atoms with Crippen molar-refractivity contribution in [2.24, 2.45) is 0 Å². The van der Waals surface area contributed by atoms with Gasteiger partial charge in [0, 0.05) is 12.2 Å². The van der Waals surface area contributed by atoms with E-state index in [4.69, 9.17) is 0 Å². The van der Waals surface area contributed by atoms with Gasteiger partial charge >= 0.3 is 6.03 Å². The van der Waals surface area contributed by atoms with E-state index in [0.717, 1.165) is 28.8 Å². The summed E-state index contributed by atoms with van der Waals surface area (Å²) in [5.74, 6) is 0.249. The highest BCUT2D eigenvalue weighted by Gasteiger charge is 2.04. The third-order valence-corrected chi connectivity index (χ3v) is 3.28. The molecular formula is C17H20N2O2. The summed E-state index contributed by atoms with van der Waals surface area (Å²) in [7, 11) is 0. The SMILES string of the molecule is Cc1ccc(C)c(NC(=O)NCCc2ccc(O)cc2)c1. The van der Waals surface area contributed by atoms with Crippen molar-refractivity contribution in [3.05, 3.63) is 59.2 Å². The first-order valence-electron chi connectivity index (χ1n) is 6.94. The molecule has 0 aromatic heterocycles. The van der Waals surface area contributed by atoms with Crippen LogP contribution in [0.5, 0.6) is 5.75 Å². The highest BCUT2D eigenvalue weighted by molar-refractivity contribution is 5.90.